The maximum Gasteiger partial charge on any atom is 0.355 e. The first kappa shape index (κ1) is 10.0. The van der Waals surface area contributed by atoms with Crippen LogP contribution >= 0.6 is 15.9 Å². The summed E-state index contributed by atoms with van der Waals surface area (Å²) in [4.78, 5) is 13.9. The molecule has 3 nitrogen and oxygen atoms in total. The van der Waals surface area contributed by atoms with Crippen molar-refractivity contribution in [3.63, 3.8) is 0 Å². The van der Waals surface area contributed by atoms with Crippen LogP contribution in [0.2, 0.25) is 0 Å². The summed E-state index contributed by atoms with van der Waals surface area (Å²) < 4.78 is 24.3. The molecule has 0 amide bonds. The normalized spacial score (nSPS) is 10.5. The Balaban J connectivity index is 3.26. The van der Waals surface area contributed by atoms with Gasteiger partial charge in [0.05, 0.1) is 4.47 Å². The molecule has 0 saturated heterocycles. The SMILES string of the molecule is O=C(O)c1nccc(C(F)F)c1Br. The predicted molar refractivity (Wildman–Crippen MR) is 43.9 cm³/mol. The standard InChI is InChI=1S/C7H4BrF2NO2/c8-4-3(6(9)10)1-2-11-5(4)7(12)13/h1-2,6H,(H,12,13). The molecule has 1 aromatic rings. The van der Waals surface area contributed by atoms with E-state index in [-0.39, 0.29) is 10.0 Å². The summed E-state index contributed by atoms with van der Waals surface area (Å²) in [6, 6.07) is 1.07. The summed E-state index contributed by atoms with van der Waals surface area (Å²) in [5.41, 5.74) is -0.773. The molecule has 0 spiro atoms. The Hall–Kier alpha value is -1.04. The van der Waals surface area contributed by atoms with Gasteiger partial charge in [0.25, 0.3) is 6.43 Å². The van der Waals surface area contributed by atoms with Gasteiger partial charge in [0, 0.05) is 11.8 Å². The zero-order chi connectivity index (χ0) is 10.0. The summed E-state index contributed by atoms with van der Waals surface area (Å²) in [6.45, 7) is 0. The minimum absolute atomic E-state index is 0.169. The van der Waals surface area contributed by atoms with Crippen molar-refractivity contribution in [1.29, 1.82) is 0 Å². The zero-order valence-corrected chi connectivity index (χ0v) is 7.75. The van der Waals surface area contributed by atoms with Crippen molar-refractivity contribution in [3.8, 4) is 0 Å². The Kier molecular flexibility index (Phi) is 2.92. The Labute approximate surface area is 80.5 Å². The predicted octanol–water partition coefficient (Wildman–Crippen LogP) is 2.48. The summed E-state index contributed by atoms with van der Waals surface area (Å²) in [5, 5.41) is 8.53. The molecule has 1 N–H and O–H groups in total. The lowest BCUT2D eigenvalue weighted by Crippen LogP contribution is -2.03. The van der Waals surface area contributed by atoms with Crippen LogP contribution < -0.4 is 0 Å². The third-order valence-electron chi connectivity index (χ3n) is 1.36. The maximum absolute atomic E-state index is 12.2. The summed E-state index contributed by atoms with van der Waals surface area (Å²) in [6.07, 6.45) is -1.68. The first-order chi connectivity index (χ1) is 6.04. The number of alkyl halides is 2. The number of rotatable bonds is 2. The van der Waals surface area contributed by atoms with Gasteiger partial charge in [-0.3, -0.25) is 0 Å². The molecule has 0 aromatic carbocycles. The van der Waals surface area contributed by atoms with E-state index in [1.54, 1.807) is 0 Å². The van der Waals surface area contributed by atoms with Crippen molar-refractivity contribution in [2.75, 3.05) is 0 Å². The number of hydrogen-bond donors (Lipinski definition) is 1. The van der Waals surface area contributed by atoms with E-state index in [2.05, 4.69) is 20.9 Å². The molecular formula is C7H4BrF2NO2. The topological polar surface area (TPSA) is 50.2 Å². The second kappa shape index (κ2) is 3.78. The van der Waals surface area contributed by atoms with Crippen molar-refractivity contribution >= 4 is 21.9 Å². The molecule has 1 heterocycles. The lowest BCUT2D eigenvalue weighted by atomic mass is 10.2. The number of carbonyl (C=O) groups is 1. The van der Waals surface area contributed by atoms with Crippen molar-refractivity contribution in [3.05, 3.63) is 28.0 Å². The van der Waals surface area contributed by atoms with E-state index in [9.17, 15) is 13.6 Å². The Morgan fingerprint density at radius 2 is 2.23 bits per heavy atom. The molecule has 0 aliphatic carbocycles. The van der Waals surface area contributed by atoms with Crippen LogP contribution in [0.25, 0.3) is 0 Å². The largest absolute Gasteiger partial charge is 0.476 e. The van der Waals surface area contributed by atoms with Gasteiger partial charge in [0.15, 0.2) is 5.69 Å². The van der Waals surface area contributed by atoms with Crippen LogP contribution in [0.15, 0.2) is 16.7 Å². The van der Waals surface area contributed by atoms with E-state index in [4.69, 9.17) is 5.11 Å². The minimum Gasteiger partial charge on any atom is -0.476 e. The molecular weight excluding hydrogens is 248 g/mol. The quantitative estimate of drug-likeness (QED) is 0.879. The highest BCUT2D eigenvalue weighted by atomic mass is 79.9. The van der Waals surface area contributed by atoms with Crippen LogP contribution in [0.4, 0.5) is 8.78 Å². The van der Waals surface area contributed by atoms with Gasteiger partial charge in [-0.05, 0) is 22.0 Å². The number of nitrogens with zero attached hydrogens (tertiary/aromatic N) is 1. The van der Waals surface area contributed by atoms with Crippen molar-refractivity contribution in [1.82, 2.24) is 4.98 Å². The number of carboxylic acids is 1. The highest BCUT2D eigenvalue weighted by Crippen LogP contribution is 2.28. The van der Waals surface area contributed by atoms with Crippen LogP contribution in [0.1, 0.15) is 22.5 Å². The first-order valence-corrected chi connectivity index (χ1v) is 3.99. The molecule has 0 bridgehead atoms. The van der Waals surface area contributed by atoms with Crippen LogP contribution in [0.5, 0.6) is 0 Å². The van der Waals surface area contributed by atoms with Gasteiger partial charge in [-0.1, -0.05) is 0 Å². The van der Waals surface area contributed by atoms with E-state index in [1.807, 2.05) is 0 Å². The lowest BCUT2D eigenvalue weighted by molar-refractivity contribution is 0.0688. The zero-order valence-electron chi connectivity index (χ0n) is 6.17. The molecule has 0 aliphatic rings. The van der Waals surface area contributed by atoms with Gasteiger partial charge in [-0.15, -0.1) is 0 Å². The Bertz CT molecular complexity index is 343. The molecule has 1 rings (SSSR count). The number of hydrogen-bond acceptors (Lipinski definition) is 2. The fourth-order valence-electron chi connectivity index (χ4n) is 0.776. The second-order valence-electron chi connectivity index (χ2n) is 2.17. The van der Waals surface area contributed by atoms with Crippen LogP contribution in [-0.2, 0) is 0 Å². The first-order valence-electron chi connectivity index (χ1n) is 3.20. The number of aromatic nitrogens is 1. The number of pyridine rings is 1. The van der Waals surface area contributed by atoms with Crippen LogP contribution in [-0.4, -0.2) is 16.1 Å². The minimum atomic E-state index is -2.71. The average Bonchev–Trinajstić information content (AvgIpc) is 2.03. The number of aromatic carboxylic acids is 1. The number of halogens is 3. The van der Waals surface area contributed by atoms with Crippen LogP contribution in [0.3, 0.4) is 0 Å². The molecule has 0 saturated carbocycles. The van der Waals surface area contributed by atoms with Crippen molar-refractivity contribution in [2.24, 2.45) is 0 Å². The molecule has 0 aliphatic heterocycles. The molecule has 6 heteroatoms. The van der Waals surface area contributed by atoms with E-state index in [0.717, 1.165) is 12.3 Å². The van der Waals surface area contributed by atoms with Crippen LogP contribution in [0, 0.1) is 0 Å². The molecule has 0 unspecified atom stereocenters. The van der Waals surface area contributed by atoms with E-state index in [0.29, 0.717) is 0 Å². The molecule has 70 valence electrons. The fourth-order valence-corrected chi connectivity index (χ4v) is 1.35. The average molecular weight is 252 g/mol. The second-order valence-corrected chi connectivity index (χ2v) is 2.96. The maximum atomic E-state index is 12.2. The molecule has 1 aromatic heterocycles. The Morgan fingerprint density at radius 1 is 1.62 bits per heavy atom. The van der Waals surface area contributed by atoms with Gasteiger partial charge in [-0.25, -0.2) is 18.6 Å². The van der Waals surface area contributed by atoms with Gasteiger partial charge < -0.3 is 5.11 Å². The summed E-state index contributed by atoms with van der Waals surface area (Å²) in [7, 11) is 0. The van der Waals surface area contributed by atoms with Gasteiger partial charge in [0.1, 0.15) is 0 Å². The highest BCUT2D eigenvalue weighted by molar-refractivity contribution is 9.10. The number of carboxylic acid groups (broad SMARTS) is 1. The highest BCUT2D eigenvalue weighted by Gasteiger charge is 2.18. The molecule has 0 atom stereocenters. The van der Waals surface area contributed by atoms with Gasteiger partial charge in [-0.2, -0.15) is 0 Å². The Morgan fingerprint density at radius 3 is 2.69 bits per heavy atom. The monoisotopic (exact) mass is 251 g/mol. The third-order valence-corrected chi connectivity index (χ3v) is 2.19. The molecule has 0 radical (unpaired) electrons. The van der Waals surface area contributed by atoms with Crippen molar-refractivity contribution < 1.29 is 18.7 Å². The third kappa shape index (κ3) is 2.00. The summed E-state index contributed by atoms with van der Waals surface area (Å²) in [5.74, 6) is -1.34. The van der Waals surface area contributed by atoms with Gasteiger partial charge >= 0.3 is 5.97 Å². The summed E-state index contributed by atoms with van der Waals surface area (Å²) >= 11 is 2.76. The van der Waals surface area contributed by atoms with E-state index in [1.165, 1.54) is 0 Å². The van der Waals surface area contributed by atoms with E-state index >= 15 is 0 Å². The molecule has 13 heavy (non-hydrogen) atoms. The smallest absolute Gasteiger partial charge is 0.355 e. The van der Waals surface area contributed by atoms with E-state index < -0.39 is 18.1 Å². The molecule has 0 fully saturated rings. The lowest BCUT2D eigenvalue weighted by Gasteiger charge is -2.04. The van der Waals surface area contributed by atoms with Crippen molar-refractivity contribution in [2.45, 2.75) is 6.43 Å². The fraction of sp³-hybridized carbons (Fsp3) is 0.143. The van der Waals surface area contributed by atoms with Gasteiger partial charge in [0.2, 0.25) is 0 Å².